The Kier molecular flexibility index (Phi) is 6.15. The first kappa shape index (κ1) is 23.8. The number of non-ortho nitro benzene ring substituents is 1. The molecule has 1 heterocycles. The summed E-state index contributed by atoms with van der Waals surface area (Å²) < 4.78 is 84.5. The Labute approximate surface area is 185 Å². The number of nitro benzene ring substituents is 1. The van der Waals surface area contributed by atoms with Crippen molar-refractivity contribution in [2.24, 2.45) is 0 Å². The molecule has 13 heteroatoms. The molecule has 1 aliphatic heterocycles. The van der Waals surface area contributed by atoms with Gasteiger partial charge in [-0.1, -0.05) is 15.9 Å². The number of hydrogen-bond acceptors (Lipinski definition) is 4. The van der Waals surface area contributed by atoms with E-state index in [0.29, 0.717) is 22.2 Å². The summed E-state index contributed by atoms with van der Waals surface area (Å²) in [6.07, 6.45) is -12.5. The number of carbonyl (C=O) groups excluding carboxylic acids is 1. The molecule has 3 rings (SSSR count). The van der Waals surface area contributed by atoms with Gasteiger partial charge in [-0.25, -0.2) is 4.79 Å². The van der Waals surface area contributed by atoms with Crippen LogP contribution in [0.4, 0.5) is 36.8 Å². The highest BCUT2D eigenvalue weighted by Gasteiger charge is 2.43. The van der Waals surface area contributed by atoms with Crippen LogP contribution in [0.3, 0.4) is 0 Å². The number of rotatable bonds is 4. The van der Waals surface area contributed by atoms with Crippen LogP contribution >= 0.6 is 15.9 Å². The summed E-state index contributed by atoms with van der Waals surface area (Å²) in [5, 5.41) is 11.0. The molecule has 0 aliphatic carbocycles. The highest BCUT2D eigenvalue weighted by Crippen LogP contribution is 2.41. The molecule has 0 saturated carbocycles. The topological polar surface area (TPSA) is 72.7 Å². The molecular weight excluding hydrogens is 514 g/mol. The van der Waals surface area contributed by atoms with Gasteiger partial charge in [0.15, 0.2) is 0 Å². The fraction of sp³-hybridized carbons (Fsp3) is 0.316. The summed E-state index contributed by atoms with van der Waals surface area (Å²) >= 11 is 3.20. The van der Waals surface area contributed by atoms with E-state index in [2.05, 4.69) is 15.9 Å². The van der Waals surface area contributed by atoms with E-state index in [1.165, 1.54) is 25.1 Å². The minimum atomic E-state index is -5.05. The molecule has 2 aromatic rings. The zero-order valence-corrected chi connectivity index (χ0v) is 17.6. The van der Waals surface area contributed by atoms with Gasteiger partial charge in [-0.15, -0.1) is 0 Å². The maximum Gasteiger partial charge on any atom is 0.416 e. The number of ether oxygens (including phenoxy) is 1. The van der Waals surface area contributed by atoms with E-state index >= 15 is 0 Å². The van der Waals surface area contributed by atoms with Gasteiger partial charge in [0, 0.05) is 16.6 Å². The first-order chi connectivity index (χ1) is 14.7. The number of nitrogens with zero attached hydrogens (tertiary/aromatic N) is 2. The normalized spacial score (nSPS) is 19.2. The van der Waals surface area contributed by atoms with Gasteiger partial charge in [0.1, 0.15) is 6.10 Å². The van der Waals surface area contributed by atoms with Gasteiger partial charge < -0.3 is 4.74 Å². The average Bonchev–Trinajstić information content (AvgIpc) is 2.96. The molecule has 0 bridgehead atoms. The van der Waals surface area contributed by atoms with Gasteiger partial charge in [-0.3, -0.25) is 15.0 Å². The van der Waals surface area contributed by atoms with Crippen LogP contribution in [0.15, 0.2) is 40.9 Å². The summed E-state index contributed by atoms with van der Waals surface area (Å²) in [6, 6.07) is 3.86. The monoisotopic (exact) mass is 526 g/mol. The van der Waals surface area contributed by atoms with Crippen molar-refractivity contribution in [1.29, 1.82) is 0 Å². The van der Waals surface area contributed by atoms with Crippen LogP contribution in [0.25, 0.3) is 0 Å². The molecule has 1 saturated heterocycles. The van der Waals surface area contributed by atoms with Crippen molar-refractivity contribution in [3.63, 3.8) is 0 Å². The predicted molar refractivity (Wildman–Crippen MR) is 101 cm³/mol. The van der Waals surface area contributed by atoms with Crippen LogP contribution in [0, 0.1) is 10.1 Å². The minimum absolute atomic E-state index is 0.0110. The van der Waals surface area contributed by atoms with E-state index in [1.807, 2.05) is 0 Å². The Morgan fingerprint density at radius 3 is 2.12 bits per heavy atom. The van der Waals surface area contributed by atoms with E-state index in [4.69, 9.17) is 4.74 Å². The highest BCUT2D eigenvalue weighted by molar-refractivity contribution is 9.10. The number of alkyl halides is 6. The Morgan fingerprint density at radius 2 is 1.62 bits per heavy atom. The number of carbonyl (C=O) groups is 1. The van der Waals surface area contributed by atoms with E-state index in [-0.39, 0.29) is 18.3 Å². The molecule has 2 aromatic carbocycles. The Balaban J connectivity index is 1.96. The molecular formula is C19H13BrF6N2O4. The van der Waals surface area contributed by atoms with Gasteiger partial charge in [0.2, 0.25) is 0 Å². The lowest BCUT2D eigenvalue weighted by Gasteiger charge is -2.22. The predicted octanol–water partition coefficient (Wildman–Crippen LogP) is 6.48. The molecule has 1 aliphatic rings. The standard InChI is InChI=1S/C19H13BrF6N2O4/c1-9-16(10-4-12(18(21,22)23)7-13(5-10)19(24,25)26)32-17(29)27(9)8-11-6-14(28(30)31)2-3-15(11)20/h2-7,9,16H,8H2,1H3/t9-,16?/m0/s1. The molecule has 0 aromatic heterocycles. The zero-order valence-electron chi connectivity index (χ0n) is 16.0. The molecule has 6 nitrogen and oxygen atoms in total. The molecule has 2 atom stereocenters. The van der Waals surface area contributed by atoms with Crippen molar-refractivity contribution < 1.29 is 40.8 Å². The first-order valence-electron chi connectivity index (χ1n) is 8.88. The number of amides is 1. The van der Waals surface area contributed by atoms with Gasteiger partial charge >= 0.3 is 18.4 Å². The molecule has 172 valence electrons. The quantitative estimate of drug-likeness (QED) is 0.260. The fourth-order valence-electron chi connectivity index (χ4n) is 3.28. The van der Waals surface area contributed by atoms with Crippen LogP contribution in [-0.4, -0.2) is 22.0 Å². The molecule has 32 heavy (non-hydrogen) atoms. The second kappa shape index (κ2) is 8.26. The van der Waals surface area contributed by atoms with Crippen LogP contribution in [0.5, 0.6) is 0 Å². The van der Waals surface area contributed by atoms with Crippen LogP contribution < -0.4 is 0 Å². The van der Waals surface area contributed by atoms with Crippen molar-refractivity contribution in [1.82, 2.24) is 4.90 Å². The van der Waals surface area contributed by atoms with E-state index in [1.54, 1.807) is 0 Å². The SMILES string of the molecule is C[C@H]1C(c2cc(C(F)(F)F)cc(C(F)(F)F)c2)OC(=O)N1Cc1cc([N+](=O)[O-])ccc1Br. The second-order valence-corrected chi connectivity index (χ2v) is 7.90. The third-order valence-electron chi connectivity index (χ3n) is 4.91. The second-order valence-electron chi connectivity index (χ2n) is 7.04. The van der Waals surface area contributed by atoms with Crippen LogP contribution in [-0.2, 0) is 23.6 Å². The van der Waals surface area contributed by atoms with Gasteiger partial charge in [-0.05, 0) is 42.3 Å². The van der Waals surface area contributed by atoms with Crippen molar-refractivity contribution in [2.75, 3.05) is 0 Å². The third kappa shape index (κ3) is 4.81. The summed E-state index contributed by atoms with van der Waals surface area (Å²) in [5.41, 5.74) is -3.46. The van der Waals surface area contributed by atoms with E-state index < -0.39 is 52.2 Å². The molecule has 1 amide bonds. The molecule has 0 radical (unpaired) electrons. The van der Waals surface area contributed by atoms with Crippen molar-refractivity contribution in [3.8, 4) is 0 Å². The molecule has 1 fully saturated rings. The minimum Gasteiger partial charge on any atom is -0.439 e. The zero-order chi connectivity index (χ0) is 24.0. The third-order valence-corrected chi connectivity index (χ3v) is 5.69. The maximum absolute atomic E-state index is 13.2. The van der Waals surface area contributed by atoms with Crippen LogP contribution in [0.1, 0.15) is 35.3 Å². The Bertz CT molecular complexity index is 1040. The summed E-state index contributed by atoms with van der Waals surface area (Å²) in [5.74, 6) is 0. The van der Waals surface area contributed by atoms with Crippen molar-refractivity contribution in [2.45, 2.75) is 38.0 Å². The van der Waals surface area contributed by atoms with Crippen molar-refractivity contribution >= 4 is 27.7 Å². The highest BCUT2D eigenvalue weighted by atomic mass is 79.9. The Morgan fingerprint density at radius 1 is 1.06 bits per heavy atom. The summed E-state index contributed by atoms with van der Waals surface area (Å²) in [6.45, 7) is 1.18. The lowest BCUT2D eigenvalue weighted by atomic mass is 9.97. The summed E-state index contributed by atoms with van der Waals surface area (Å²) in [7, 11) is 0. The molecule has 1 unspecified atom stereocenters. The largest absolute Gasteiger partial charge is 0.439 e. The Hall–Kier alpha value is -2.83. The maximum atomic E-state index is 13.2. The van der Waals surface area contributed by atoms with E-state index in [9.17, 15) is 41.3 Å². The van der Waals surface area contributed by atoms with Gasteiger partial charge in [0.05, 0.1) is 28.6 Å². The lowest BCUT2D eigenvalue weighted by Crippen LogP contribution is -2.31. The van der Waals surface area contributed by atoms with Gasteiger partial charge in [-0.2, -0.15) is 26.3 Å². The first-order valence-corrected chi connectivity index (χ1v) is 9.67. The average molecular weight is 527 g/mol. The number of hydrogen-bond donors (Lipinski definition) is 0. The lowest BCUT2D eigenvalue weighted by molar-refractivity contribution is -0.384. The fourth-order valence-corrected chi connectivity index (χ4v) is 3.65. The summed E-state index contributed by atoms with van der Waals surface area (Å²) in [4.78, 5) is 23.8. The van der Waals surface area contributed by atoms with Gasteiger partial charge in [0.25, 0.3) is 5.69 Å². The molecule has 0 N–H and O–H groups in total. The van der Waals surface area contributed by atoms with Crippen molar-refractivity contribution in [3.05, 3.63) is 73.2 Å². The number of nitro groups is 1. The number of cyclic esters (lactones) is 1. The number of benzene rings is 2. The van der Waals surface area contributed by atoms with E-state index in [0.717, 1.165) is 4.90 Å². The van der Waals surface area contributed by atoms with Crippen LogP contribution in [0.2, 0.25) is 0 Å². The number of halogens is 7. The molecule has 0 spiro atoms. The smallest absolute Gasteiger partial charge is 0.416 e.